The number of aryl methyl sites for hydroxylation is 2. The molecule has 0 aliphatic rings. The largest absolute Gasteiger partial charge is 0.481 e. The summed E-state index contributed by atoms with van der Waals surface area (Å²) >= 11 is 1.17. The minimum Gasteiger partial charge on any atom is -0.481 e. The summed E-state index contributed by atoms with van der Waals surface area (Å²) in [6, 6.07) is 7.81. The fraction of sp³-hybridized carbons (Fsp3) is 0.308. The molecule has 18 heavy (non-hydrogen) atoms. The predicted octanol–water partition coefficient (Wildman–Crippen LogP) is 2.57. The molecule has 94 valence electrons. The first-order valence-electron chi connectivity index (χ1n) is 5.65. The standard InChI is InChI=1S/C13H14N2O2S/c1-8-5-3-4-6-10(8)7-11(13(16)17)12-14-9(2)15-18-12/h3-6,11H,7H2,1-2H3,(H,16,17). The molecule has 1 unspecified atom stereocenters. The molecule has 0 aliphatic heterocycles. The minimum atomic E-state index is -0.852. The lowest BCUT2D eigenvalue weighted by Gasteiger charge is -2.11. The second kappa shape index (κ2) is 5.27. The fourth-order valence-corrected chi connectivity index (χ4v) is 2.54. The maximum Gasteiger partial charge on any atom is 0.313 e. The molecule has 5 heteroatoms. The Bertz CT molecular complexity index is 566. The Balaban J connectivity index is 2.28. The summed E-state index contributed by atoms with van der Waals surface area (Å²) in [5, 5.41) is 9.90. The van der Waals surface area contributed by atoms with Gasteiger partial charge in [-0.2, -0.15) is 4.37 Å². The van der Waals surface area contributed by atoms with E-state index in [0.717, 1.165) is 11.1 Å². The Labute approximate surface area is 109 Å². The second-order valence-corrected chi connectivity index (χ2v) is 4.98. The molecular formula is C13H14N2O2S. The molecule has 0 bridgehead atoms. The molecule has 0 saturated carbocycles. The monoisotopic (exact) mass is 262 g/mol. The van der Waals surface area contributed by atoms with Crippen molar-refractivity contribution in [1.29, 1.82) is 0 Å². The number of aliphatic carboxylic acids is 1. The van der Waals surface area contributed by atoms with Crippen molar-refractivity contribution in [1.82, 2.24) is 9.36 Å². The Morgan fingerprint density at radius 1 is 1.39 bits per heavy atom. The van der Waals surface area contributed by atoms with Crippen molar-refractivity contribution >= 4 is 17.5 Å². The van der Waals surface area contributed by atoms with Gasteiger partial charge in [0.15, 0.2) is 0 Å². The number of carboxylic acid groups (broad SMARTS) is 1. The van der Waals surface area contributed by atoms with Gasteiger partial charge in [0.25, 0.3) is 0 Å². The van der Waals surface area contributed by atoms with Gasteiger partial charge in [-0.05, 0) is 42.9 Å². The van der Waals surface area contributed by atoms with Gasteiger partial charge in [-0.3, -0.25) is 4.79 Å². The van der Waals surface area contributed by atoms with E-state index < -0.39 is 11.9 Å². The van der Waals surface area contributed by atoms with E-state index in [-0.39, 0.29) is 0 Å². The maximum absolute atomic E-state index is 11.4. The van der Waals surface area contributed by atoms with Gasteiger partial charge in [-0.15, -0.1) is 0 Å². The topological polar surface area (TPSA) is 63.1 Å². The van der Waals surface area contributed by atoms with E-state index in [1.54, 1.807) is 6.92 Å². The van der Waals surface area contributed by atoms with E-state index in [1.807, 2.05) is 31.2 Å². The van der Waals surface area contributed by atoms with Crippen LogP contribution in [0.15, 0.2) is 24.3 Å². The van der Waals surface area contributed by atoms with Crippen molar-refractivity contribution in [2.24, 2.45) is 0 Å². The van der Waals surface area contributed by atoms with Crippen LogP contribution in [-0.4, -0.2) is 20.4 Å². The van der Waals surface area contributed by atoms with Crippen molar-refractivity contribution in [3.05, 3.63) is 46.2 Å². The summed E-state index contributed by atoms with van der Waals surface area (Å²) in [7, 11) is 0. The van der Waals surface area contributed by atoms with Gasteiger partial charge in [0, 0.05) is 0 Å². The van der Waals surface area contributed by atoms with E-state index in [1.165, 1.54) is 11.5 Å². The van der Waals surface area contributed by atoms with Crippen molar-refractivity contribution < 1.29 is 9.90 Å². The second-order valence-electron chi connectivity index (χ2n) is 4.20. The van der Waals surface area contributed by atoms with Crippen molar-refractivity contribution in [3.63, 3.8) is 0 Å². The molecular weight excluding hydrogens is 248 g/mol. The molecule has 1 atom stereocenters. The molecule has 0 radical (unpaired) electrons. The molecule has 1 N–H and O–H groups in total. The Kier molecular flexibility index (Phi) is 3.72. The first kappa shape index (κ1) is 12.7. The molecule has 0 fully saturated rings. The summed E-state index contributed by atoms with van der Waals surface area (Å²) in [4.78, 5) is 15.5. The van der Waals surface area contributed by atoms with Crippen molar-refractivity contribution in [2.75, 3.05) is 0 Å². The van der Waals surface area contributed by atoms with Crippen LogP contribution in [0.5, 0.6) is 0 Å². The van der Waals surface area contributed by atoms with Crippen LogP contribution in [0.4, 0.5) is 0 Å². The fourth-order valence-electron chi connectivity index (χ4n) is 1.79. The zero-order valence-electron chi connectivity index (χ0n) is 10.3. The minimum absolute atomic E-state index is 0.455. The van der Waals surface area contributed by atoms with Crippen LogP contribution in [0, 0.1) is 13.8 Å². The molecule has 2 aromatic rings. The molecule has 0 aliphatic carbocycles. The van der Waals surface area contributed by atoms with Gasteiger partial charge >= 0.3 is 5.97 Å². The van der Waals surface area contributed by atoms with Crippen molar-refractivity contribution in [2.45, 2.75) is 26.2 Å². The zero-order valence-corrected chi connectivity index (χ0v) is 11.1. The molecule has 1 heterocycles. The smallest absolute Gasteiger partial charge is 0.313 e. The van der Waals surface area contributed by atoms with Crippen LogP contribution in [0.1, 0.15) is 27.9 Å². The van der Waals surface area contributed by atoms with Crippen LogP contribution in [0.3, 0.4) is 0 Å². The third kappa shape index (κ3) is 2.73. The Morgan fingerprint density at radius 3 is 2.67 bits per heavy atom. The highest BCUT2D eigenvalue weighted by atomic mass is 32.1. The lowest BCUT2D eigenvalue weighted by atomic mass is 9.96. The normalized spacial score (nSPS) is 12.3. The highest BCUT2D eigenvalue weighted by molar-refractivity contribution is 7.05. The van der Waals surface area contributed by atoms with Gasteiger partial charge in [-0.1, -0.05) is 24.3 Å². The first-order valence-corrected chi connectivity index (χ1v) is 6.43. The number of rotatable bonds is 4. The van der Waals surface area contributed by atoms with E-state index in [4.69, 9.17) is 0 Å². The first-order chi connectivity index (χ1) is 8.58. The van der Waals surface area contributed by atoms with E-state index >= 15 is 0 Å². The van der Waals surface area contributed by atoms with Crippen LogP contribution in [0.25, 0.3) is 0 Å². The van der Waals surface area contributed by atoms with Gasteiger partial charge in [0.05, 0.1) is 0 Å². The number of hydrogen-bond acceptors (Lipinski definition) is 4. The van der Waals surface area contributed by atoms with Crippen molar-refractivity contribution in [3.8, 4) is 0 Å². The van der Waals surface area contributed by atoms with E-state index in [0.29, 0.717) is 17.3 Å². The number of aromatic nitrogens is 2. The summed E-state index contributed by atoms with van der Waals surface area (Å²) in [5.41, 5.74) is 2.14. The summed E-state index contributed by atoms with van der Waals surface area (Å²) in [6.07, 6.45) is 0.455. The maximum atomic E-state index is 11.4. The lowest BCUT2D eigenvalue weighted by Crippen LogP contribution is -2.14. The predicted molar refractivity (Wildman–Crippen MR) is 69.9 cm³/mol. The Hall–Kier alpha value is -1.75. The highest BCUT2D eigenvalue weighted by Gasteiger charge is 2.24. The SMILES string of the molecule is Cc1nsc(C(Cc2ccccc2C)C(=O)O)n1. The third-order valence-corrected chi connectivity index (χ3v) is 3.74. The highest BCUT2D eigenvalue weighted by Crippen LogP contribution is 2.24. The third-order valence-electron chi connectivity index (χ3n) is 2.82. The van der Waals surface area contributed by atoms with E-state index in [2.05, 4.69) is 9.36 Å². The number of benzene rings is 1. The summed E-state index contributed by atoms with van der Waals surface area (Å²) in [5.74, 6) is -0.835. The number of hydrogen-bond donors (Lipinski definition) is 1. The molecule has 4 nitrogen and oxygen atoms in total. The molecule has 0 amide bonds. The van der Waals surface area contributed by atoms with Crippen LogP contribution >= 0.6 is 11.5 Å². The number of nitrogens with zero attached hydrogens (tertiary/aromatic N) is 2. The Morgan fingerprint density at radius 2 is 2.11 bits per heavy atom. The average Bonchev–Trinajstić information content (AvgIpc) is 2.74. The van der Waals surface area contributed by atoms with Gasteiger partial charge in [-0.25, -0.2) is 4.98 Å². The van der Waals surface area contributed by atoms with Crippen LogP contribution in [0.2, 0.25) is 0 Å². The molecule has 2 rings (SSSR count). The summed E-state index contributed by atoms with van der Waals surface area (Å²) in [6.45, 7) is 3.76. The molecule has 0 spiro atoms. The van der Waals surface area contributed by atoms with Gasteiger partial charge < -0.3 is 5.11 Å². The summed E-state index contributed by atoms with van der Waals surface area (Å²) < 4.78 is 4.05. The number of carbonyl (C=O) groups is 1. The van der Waals surface area contributed by atoms with Crippen LogP contribution < -0.4 is 0 Å². The molecule has 0 saturated heterocycles. The average molecular weight is 262 g/mol. The van der Waals surface area contributed by atoms with E-state index in [9.17, 15) is 9.90 Å². The zero-order chi connectivity index (χ0) is 13.1. The van der Waals surface area contributed by atoms with Crippen LogP contribution in [-0.2, 0) is 11.2 Å². The quantitative estimate of drug-likeness (QED) is 0.919. The van der Waals surface area contributed by atoms with Gasteiger partial charge in [0.2, 0.25) is 0 Å². The number of carboxylic acids is 1. The molecule has 1 aromatic carbocycles. The molecule has 1 aromatic heterocycles. The lowest BCUT2D eigenvalue weighted by molar-refractivity contribution is -0.138. The van der Waals surface area contributed by atoms with Gasteiger partial charge in [0.1, 0.15) is 16.7 Å².